The van der Waals surface area contributed by atoms with Gasteiger partial charge in [0.1, 0.15) is 0 Å². The molecule has 2 nitrogen and oxygen atoms in total. The maximum absolute atomic E-state index is 8.57. The van der Waals surface area contributed by atoms with Crippen molar-refractivity contribution in [3.63, 3.8) is 0 Å². The van der Waals surface area contributed by atoms with Crippen LogP contribution >= 0.6 is 0 Å². The van der Waals surface area contributed by atoms with E-state index < -0.39 is 0 Å². The lowest BCUT2D eigenvalue weighted by atomic mass is 10.2. The zero-order valence-electron chi connectivity index (χ0n) is 5.42. The fourth-order valence-electron chi connectivity index (χ4n) is 0.387. The van der Waals surface area contributed by atoms with Crippen LogP contribution in [0, 0.1) is 5.92 Å². The van der Waals surface area contributed by atoms with Crippen molar-refractivity contribution >= 4 is 0 Å². The third-order valence-electron chi connectivity index (χ3n) is 0.996. The summed E-state index contributed by atoms with van der Waals surface area (Å²) in [5, 5.41) is 8.57. The van der Waals surface area contributed by atoms with Crippen LogP contribution in [0.2, 0.25) is 0 Å². The molecular weight excluding hydrogens is 116 g/mol. The highest BCUT2D eigenvalue weighted by atomic mass is 16.5. The minimum Gasteiger partial charge on any atom is -0.501 e. The monoisotopic (exact) mass is 128 g/mol. The third-order valence-corrected chi connectivity index (χ3v) is 0.996. The van der Waals surface area contributed by atoms with Crippen LogP contribution < -0.4 is 0 Å². The molecule has 0 aromatic heterocycles. The summed E-state index contributed by atoms with van der Waals surface area (Å²) in [6.07, 6.45) is 3.01. The van der Waals surface area contributed by atoms with E-state index in [-0.39, 0.29) is 12.5 Å². The lowest BCUT2D eigenvalue weighted by molar-refractivity contribution is 0.161. The Labute approximate surface area is 55.5 Å². The van der Waals surface area contributed by atoms with Crippen LogP contribution in [-0.2, 0) is 4.74 Å². The third kappa shape index (κ3) is 3.79. The molecule has 0 radical (unpaired) electrons. The van der Waals surface area contributed by atoms with Gasteiger partial charge in [-0.25, -0.2) is 0 Å². The summed E-state index contributed by atoms with van der Waals surface area (Å²) in [4.78, 5) is 0. The fourth-order valence-corrected chi connectivity index (χ4v) is 0.387. The number of hydrogen-bond acceptors (Lipinski definition) is 2. The molecule has 0 rings (SSSR count). The quantitative estimate of drug-likeness (QED) is 0.441. The number of ether oxygens (including phenoxy) is 1. The van der Waals surface area contributed by atoms with Crippen molar-refractivity contribution in [1.29, 1.82) is 0 Å². The second kappa shape index (κ2) is 5.38. The van der Waals surface area contributed by atoms with Gasteiger partial charge in [0.15, 0.2) is 0 Å². The Morgan fingerprint density at radius 1 is 1.56 bits per heavy atom. The van der Waals surface area contributed by atoms with Crippen molar-refractivity contribution in [3.05, 3.63) is 25.5 Å². The van der Waals surface area contributed by atoms with Gasteiger partial charge in [-0.2, -0.15) is 0 Å². The highest BCUT2D eigenvalue weighted by Crippen LogP contribution is 1.95. The van der Waals surface area contributed by atoms with Gasteiger partial charge in [0.25, 0.3) is 0 Å². The van der Waals surface area contributed by atoms with Crippen molar-refractivity contribution in [2.45, 2.75) is 0 Å². The Balaban J connectivity index is 3.30. The zero-order chi connectivity index (χ0) is 7.11. The van der Waals surface area contributed by atoms with Crippen molar-refractivity contribution in [1.82, 2.24) is 0 Å². The number of rotatable bonds is 5. The predicted octanol–water partition coefficient (Wildman–Crippen LogP) is 0.941. The van der Waals surface area contributed by atoms with Crippen LogP contribution in [-0.4, -0.2) is 18.3 Å². The molecule has 0 bridgehead atoms. The minimum absolute atomic E-state index is 0.0306. The molecule has 0 aromatic carbocycles. The Morgan fingerprint density at radius 3 is 2.56 bits per heavy atom. The molecule has 0 amide bonds. The first-order chi connectivity index (χ1) is 4.35. The van der Waals surface area contributed by atoms with Gasteiger partial charge >= 0.3 is 0 Å². The molecule has 0 aliphatic carbocycles. The standard InChI is InChI=1S/C7H12O2/c1-3-7(5-8)6-9-4-2/h3-4,7-8H,1-2,5-6H2. The van der Waals surface area contributed by atoms with Gasteiger partial charge in [0.05, 0.1) is 19.5 Å². The largest absolute Gasteiger partial charge is 0.501 e. The minimum atomic E-state index is 0.0306. The van der Waals surface area contributed by atoms with Crippen LogP contribution in [0.25, 0.3) is 0 Å². The molecule has 0 aliphatic heterocycles. The first-order valence-corrected chi connectivity index (χ1v) is 2.81. The smallest absolute Gasteiger partial charge is 0.0957 e. The van der Waals surface area contributed by atoms with E-state index in [1.807, 2.05) is 0 Å². The molecule has 0 heterocycles. The maximum atomic E-state index is 8.57. The van der Waals surface area contributed by atoms with Crippen LogP contribution in [0.15, 0.2) is 25.5 Å². The molecule has 0 saturated carbocycles. The Kier molecular flexibility index (Phi) is 4.92. The van der Waals surface area contributed by atoms with E-state index in [0.717, 1.165) is 0 Å². The van der Waals surface area contributed by atoms with Gasteiger partial charge in [-0.05, 0) is 0 Å². The van der Waals surface area contributed by atoms with E-state index in [1.165, 1.54) is 6.26 Å². The SMILES string of the molecule is C=COCC(C=C)CO. The van der Waals surface area contributed by atoms with Crippen LogP contribution in [0.4, 0.5) is 0 Å². The van der Waals surface area contributed by atoms with E-state index in [0.29, 0.717) is 6.61 Å². The van der Waals surface area contributed by atoms with Gasteiger partial charge in [-0.3, -0.25) is 0 Å². The molecule has 0 aromatic rings. The summed E-state index contributed by atoms with van der Waals surface area (Å²) in [5.74, 6) is 0.0306. The van der Waals surface area contributed by atoms with Crippen molar-refractivity contribution in [3.8, 4) is 0 Å². The zero-order valence-corrected chi connectivity index (χ0v) is 5.42. The molecule has 9 heavy (non-hydrogen) atoms. The van der Waals surface area contributed by atoms with E-state index in [4.69, 9.17) is 9.84 Å². The summed E-state index contributed by atoms with van der Waals surface area (Å²) in [7, 11) is 0. The topological polar surface area (TPSA) is 29.5 Å². The number of hydrogen-bond donors (Lipinski definition) is 1. The molecule has 1 atom stereocenters. The van der Waals surface area contributed by atoms with Gasteiger partial charge < -0.3 is 9.84 Å². The molecule has 0 aliphatic rings. The molecule has 52 valence electrons. The van der Waals surface area contributed by atoms with Crippen molar-refractivity contribution in [2.75, 3.05) is 13.2 Å². The molecular formula is C7H12O2. The summed E-state index contributed by atoms with van der Waals surface area (Å²) >= 11 is 0. The van der Waals surface area contributed by atoms with Crippen LogP contribution in [0.5, 0.6) is 0 Å². The second-order valence-corrected chi connectivity index (χ2v) is 1.68. The van der Waals surface area contributed by atoms with E-state index >= 15 is 0 Å². The van der Waals surface area contributed by atoms with E-state index in [1.54, 1.807) is 6.08 Å². The molecule has 0 saturated heterocycles. The normalized spacial score (nSPS) is 12.1. The molecule has 2 heteroatoms. The molecule has 0 spiro atoms. The van der Waals surface area contributed by atoms with Gasteiger partial charge in [0.2, 0.25) is 0 Å². The fraction of sp³-hybridized carbons (Fsp3) is 0.429. The Bertz CT molecular complexity index is 88.9. The average Bonchev–Trinajstić information content (AvgIpc) is 1.91. The summed E-state index contributed by atoms with van der Waals surface area (Å²) in [6, 6.07) is 0. The molecule has 1 N–H and O–H groups in total. The number of aliphatic hydroxyl groups is 1. The van der Waals surface area contributed by atoms with Crippen LogP contribution in [0.3, 0.4) is 0 Å². The second-order valence-electron chi connectivity index (χ2n) is 1.68. The van der Waals surface area contributed by atoms with Gasteiger partial charge in [0, 0.05) is 5.92 Å². The summed E-state index contributed by atoms with van der Waals surface area (Å²) in [6.45, 7) is 7.42. The lowest BCUT2D eigenvalue weighted by Crippen LogP contribution is -2.08. The maximum Gasteiger partial charge on any atom is 0.0957 e. The van der Waals surface area contributed by atoms with Crippen LogP contribution in [0.1, 0.15) is 0 Å². The average molecular weight is 128 g/mol. The first kappa shape index (κ1) is 8.24. The van der Waals surface area contributed by atoms with Crippen molar-refractivity contribution < 1.29 is 9.84 Å². The Morgan fingerprint density at radius 2 is 2.22 bits per heavy atom. The summed E-state index contributed by atoms with van der Waals surface area (Å²) < 4.78 is 4.81. The highest BCUT2D eigenvalue weighted by molar-refractivity contribution is 4.78. The molecule has 1 unspecified atom stereocenters. The summed E-state index contributed by atoms with van der Waals surface area (Å²) in [5.41, 5.74) is 0. The van der Waals surface area contributed by atoms with Gasteiger partial charge in [-0.1, -0.05) is 12.7 Å². The first-order valence-electron chi connectivity index (χ1n) is 2.81. The van der Waals surface area contributed by atoms with Crippen molar-refractivity contribution in [2.24, 2.45) is 5.92 Å². The van der Waals surface area contributed by atoms with Gasteiger partial charge in [-0.15, -0.1) is 6.58 Å². The Hall–Kier alpha value is -0.760. The molecule has 0 fully saturated rings. The van der Waals surface area contributed by atoms with E-state index in [2.05, 4.69) is 13.2 Å². The number of aliphatic hydroxyl groups excluding tert-OH is 1. The lowest BCUT2D eigenvalue weighted by Gasteiger charge is -2.06. The van der Waals surface area contributed by atoms with E-state index in [9.17, 15) is 0 Å². The predicted molar refractivity (Wildman–Crippen MR) is 36.9 cm³/mol. The highest BCUT2D eigenvalue weighted by Gasteiger charge is 1.99.